The summed E-state index contributed by atoms with van der Waals surface area (Å²) in [6.45, 7) is 14.7. The molecule has 0 heterocycles. The molecule has 3 nitrogen and oxygen atoms in total. The van der Waals surface area contributed by atoms with Gasteiger partial charge in [-0.3, -0.25) is 0 Å². The Bertz CT molecular complexity index is 229. The van der Waals surface area contributed by atoms with Crippen LogP contribution in [-0.2, 0) is 4.43 Å². The lowest BCUT2D eigenvalue weighted by atomic mass is 10.0. The van der Waals surface area contributed by atoms with Crippen molar-refractivity contribution in [3.8, 4) is 0 Å². The van der Waals surface area contributed by atoms with E-state index < -0.39 is 8.32 Å². The second-order valence-electron chi connectivity index (χ2n) is 6.12. The highest BCUT2D eigenvalue weighted by Gasteiger charge is 2.38. The quantitative estimate of drug-likeness (QED) is 0.546. The van der Waals surface area contributed by atoms with Gasteiger partial charge in [-0.25, -0.2) is 0 Å². The minimum absolute atomic E-state index is 0.0122. The first kappa shape index (κ1) is 16.8. The van der Waals surface area contributed by atoms with Gasteiger partial charge in [0.2, 0.25) is 0 Å². The molecule has 0 spiro atoms. The molecule has 0 aromatic carbocycles. The summed E-state index contributed by atoms with van der Waals surface area (Å²) < 4.78 is 6.18. The van der Waals surface area contributed by atoms with Crippen LogP contribution in [0.4, 0.5) is 0 Å². The molecule has 1 atom stereocenters. The monoisotopic (exact) mass is 260 g/mol. The maximum Gasteiger partial charge on any atom is 0.192 e. The summed E-state index contributed by atoms with van der Waals surface area (Å²) in [5, 5.41) is 18.3. The molecule has 0 rings (SSSR count). The average molecular weight is 260 g/mol. The van der Waals surface area contributed by atoms with Gasteiger partial charge in [0.1, 0.15) is 0 Å². The molecule has 0 unspecified atom stereocenters. The minimum Gasteiger partial charge on any atom is -0.411 e. The second-order valence-corrected chi connectivity index (χ2v) is 10.9. The van der Waals surface area contributed by atoms with Crippen molar-refractivity contribution in [3.63, 3.8) is 0 Å². The van der Waals surface area contributed by atoms with E-state index in [1.165, 1.54) is 0 Å². The Morgan fingerprint density at radius 1 is 1.24 bits per heavy atom. The molecular formula is C13H28O3Si. The lowest BCUT2D eigenvalue weighted by molar-refractivity contribution is 0.106. The molecule has 0 amide bonds. The summed E-state index contributed by atoms with van der Waals surface area (Å²) >= 11 is 0. The fourth-order valence-corrected chi connectivity index (χ4v) is 2.59. The van der Waals surface area contributed by atoms with Crippen LogP contribution in [-0.4, -0.2) is 37.8 Å². The highest BCUT2D eigenvalue weighted by atomic mass is 28.4. The van der Waals surface area contributed by atoms with Crippen LogP contribution in [0.3, 0.4) is 0 Å². The Hall–Kier alpha value is -0.163. The van der Waals surface area contributed by atoms with Crippen LogP contribution < -0.4 is 0 Å². The zero-order valence-electron chi connectivity index (χ0n) is 11.9. The average Bonchev–Trinajstić information content (AvgIpc) is 2.22. The standard InChI is InChI=1S/C13H28O3Si/c1-7-12(8-11(9-14)10-15)16-17(5,6)13(2,3)4/h7,11-12,14-15H,1,8-10H2,2-6H3/t12-/m0/s1. The molecular weight excluding hydrogens is 232 g/mol. The highest BCUT2D eigenvalue weighted by molar-refractivity contribution is 6.74. The van der Waals surface area contributed by atoms with E-state index in [0.717, 1.165) is 0 Å². The van der Waals surface area contributed by atoms with Gasteiger partial charge in [-0.15, -0.1) is 6.58 Å². The first-order valence-electron chi connectivity index (χ1n) is 6.20. The van der Waals surface area contributed by atoms with Gasteiger partial charge in [0.25, 0.3) is 0 Å². The Kier molecular flexibility index (Phi) is 6.62. The summed E-state index contributed by atoms with van der Waals surface area (Å²) in [5.41, 5.74) is 0. The van der Waals surface area contributed by atoms with Crippen LogP contribution in [0.5, 0.6) is 0 Å². The van der Waals surface area contributed by atoms with Gasteiger partial charge in [0, 0.05) is 19.1 Å². The Morgan fingerprint density at radius 2 is 1.71 bits per heavy atom. The molecule has 0 aliphatic heterocycles. The lowest BCUT2D eigenvalue weighted by Crippen LogP contribution is -2.44. The van der Waals surface area contributed by atoms with Crippen molar-refractivity contribution in [2.24, 2.45) is 5.92 Å². The molecule has 0 aromatic rings. The summed E-state index contributed by atoms with van der Waals surface area (Å²) in [5.74, 6) is -0.122. The van der Waals surface area contributed by atoms with Gasteiger partial charge in [0.15, 0.2) is 8.32 Å². The third-order valence-electron chi connectivity index (χ3n) is 3.60. The third-order valence-corrected chi connectivity index (χ3v) is 8.10. The fraction of sp³-hybridized carbons (Fsp3) is 0.846. The molecule has 102 valence electrons. The zero-order valence-corrected chi connectivity index (χ0v) is 12.9. The number of hydrogen-bond donors (Lipinski definition) is 2. The van der Waals surface area contributed by atoms with Crippen LogP contribution in [0, 0.1) is 5.92 Å². The normalized spacial score (nSPS) is 15.1. The first-order chi connectivity index (χ1) is 7.67. The van der Waals surface area contributed by atoms with Crippen molar-refractivity contribution in [2.45, 2.75) is 51.4 Å². The van der Waals surface area contributed by atoms with E-state index in [0.29, 0.717) is 6.42 Å². The Morgan fingerprint density at radius 3 is 2.00 bits per heavy atom. The Balaban J connectivity index is 4.55. The number of aliphatic hydroxyl groups is 2. The smallest absolute Gasteiger partial charge is 0.192 e. The molecule has 0 fully saturated rings. The maximum absolute atomic E-state index is 9.09. The van der Waals surface area contributed by atoms with Crippen LogP contribution in [0.2, 0.25) is 18.1 Å². The number of rotatable bonds is 7. The van der Waals surface area contributed by atoms with E-state index in [9.17, 15) is 0 Å². The topological polar surface area (TPSA) is 49.7 Å². The molecule has 0 aliphatic rings. The van der Waals surface area contributed by atoms with Gasteiger partial charge >= 0.3 is 0 Å². The van der Waals surface area contributed by atoms with Gasteiger partial charge < -0.3 is 14.6 Å². The number of aliphatic hydroxyl groups excluding tert-OH is 2. The van der Waals surface area contributed by atoms with E-state index in [4.69, 9.17) is 14.6 Å². The SMILES string of the molecule is C=C[C@@H](CC(CO)CO)O[Si](C)(C)C(C)(C)C. The Labute approximate surface area is 107 Å². The van der Waals surface area contributed by atoms with Gasteiger partial charge in [-0.05, 0) is 24.6 Å². The lowest BCUT2D eigenvalue weighted by Gasteiger charge is -2.39. The molecule has 2 N–H and O–H groups in total. The van der Waals surface area contributed by atoms with Crippen molar-refractivity contribution in [3.05, 3.63) is 12.7 Å². The van der Waals surface area contributed by atoms with Crippen LogP contribution in [0.15, 0.2) is 12.7 Å². The predicted molar refractivity (Wildman–Crippen MR) is 74.5 cm³/mol. The first-order valence-corrected chi connectivity index (χ1v) is 9.11. The van der Waals surface area contributed by atoms with Crippen molar-refractivity contribution >= 4 is 8.32 Å². The van der Waals surface area contributed by atoms with E-state index in [2.05, 4.69) is 40.4 Å². The van der Waals surface area contributed by atoms with E-state index in [-0.39, 0.29) is 30.3 Å². The molecule has 0 saturated carbocycles. The van der Waals surface area contributed by atoms with Gasteiger partial charge in [-0.2, -0.15) is 0 Å². The minimum atomic E-state index is -1.82. The predicted octanol–water partition coefficient (Wildman–Crippen LogP) is 2.55. The van der Waals surface area contributed by atoms with Crippen molar-refractivity contribution in [2.75, 3.05) is 13.2 Å². The zero-order chi connectivity index (χ0) is 13.7. The molecule has 0 radical (unpaired) electrons. The largest absolute Gasteiger partial charge is 0.411 e. The molecule has 4 heteroatoms. The second kappa shape index (κ2) is 6.68. The van der Waals surface area contributed by atoms with E-state index in [1.807, 2.05) is 0 Å². The number of hydrogen-bond acceptors (Lipinski definition) is 3. The molecule has 0 bridgehead atoms. The highest BCUT2D eigenvalue weighted by Crippen LogP contribution is 2.38. The summed E-state index contributed by atoms with van der Waals surface area (Å²) in [7, 11) is -1.82. The van der Waals surface area contributed by atoms with E-state index in [1.54, 1.807) is 6.08 Å². The molecule has 0 aliphatic carbocycles. The summed E-state index contributed by atoms with van der Waals surface area (Å²) in [6.07, 6.45) is 2.32. The van der Waals surface area contributed by atoms with Crippen LogP contribution in [0.25, 0.3) is 0 Å². The van der Waals surface area contributed by atoms with E-state index >= 15 is 0 Å². The molecule has 0 aromatic heterocycles. The van der Waals surface area contributed by atoms with Gasteiger partial charge in [-0.1, -0.05) is 26.8 Å². The van der Waals surface area contributed by atoms with Crippen LogP contribution >= 0.6 is 0 Å². The fourth-order valence-electron chi connectivity index (χ4n) is 1.28. The third kappa shape index (κ3) is 5.34. The summed E-state index contributed by atoms with van der Waals surface area (Å²) in [6, 6.07) is 0. The molecule has 0 saturated heterocycles. The summed E-state index contributed by atoms with van der Waals surface area (Å²) in [4.78, 5) is 0. The van der Waals surface area contributed by atoms with Crippen molar-refractivity contribution in [1.29, 1.82) is 0 Å². The van der Waals surface area contributed by atoms with Gasteiger partial charge in [0.05, 0.1) is 6.10 Å². The molecule has 17 heavy (non-hydrogen) atoms. The maximum atomic E-state index is 9.09. The van der Waals surface area contributed by atoms with Crippen LogP contribution in [0.1, 0.15) is 27.2 Å². The van der Waals surface area contributed by atoms with Crippen molar-refractivity contribution < 1.29 is 14.6 Å². The van der Waals surface area contributed by atoms with Crippen molar-refractivity contribution in [1.82, 2.24) is 0 Å².